The molecule has 0 bridgehead atoms. The number of thioether (sulfide) groups is 1. The number of rotatable bonds is 4. The normalized spacial score (nSPS) is 18.4. The number of para-hydroxylation sites is 2. The summed E-state index contributed by atoms with van der Waals surface area (Å²) in [4.78, 5) is 27.1. The summed E-state index contributed by atoms with van der Waals surface area (Å²) in [7, 11) is 1.86. The Bertz CT molecular complexity index is 975. The topological polar surface area (TPSA) is 73.9 Å². The molecule has 0 unspecified atom stereocenters. The summed E-state index contributed by atoms with van der Waals surface area (Å²) in [6, 6.07) is 14.6. The fourth-order valence-electron chi connectivity index (χ4n) is 2.83. The van der Waals surface area contributed by atoms with Crippen molar-refractivity contribution in [2.24, 2.45) is 0 Å². The van der Waals surface area contributed by atoms with E-state index in [2.05, 4.69) is 10.9 Å². The summed E-state index contributed by atoms with van der Waals surface area (Å²) in [5, 5.41) is 0. The van der Waals surface area contributed by atoms with E-state index < -0.39 is 0 Å². The van der Waals surface area contributed by atoms with E-state index in [1.807, 2.05) is 36.2 Å². The van der Waals surface area contributed by atoms with Gasteiger partial charge in [-0.1, -0.05) is 24.4 Å². The van der Waals surface area contributed by atoms with Crippen molar-refractivity contribution in [1.29, 1.82) is 0 Å². The van der Waals surface area contributed by atoms with Gasteiger partial charge in [-0.3, -0.25) is 25.3 Å². The van der Waals surface area contributed by atoms with Crippen LogP contribution in [0.5, 0.6) is 5.75 Å². The lowest BCUT2D eigenvalue weighted by Crippen LogP contribution is -2.29. The van der Waals surface area contributed by atoms with Crippen molar-refractivity contribution in [3.05, 3.63) is 59.3 Å². The Morgan fingerprint density at radius 2 is 1.89 bits per heavy atom. The van der Waals surface area contributed by atoms with Crippen LogP contribution in [0.25, 0.3) is 0 Å². The molecule has 2 heterocycles. The van der Waals surface area contributed by atoms with E-state index in [9.17, 15) is 9.59 Å². The largest absolute Gasteiger partial charge is 0.437 e. The lowest BCUT2D eigenvalue weighted by molar-refractivity contribution is -0.113. The Kier molecular flexibility index (Phi) is 4.46. The molecule has 2 aliphatic heterocycles. The second-order valence-corrected chi connectivity index (χ2v) is 7.35. The first kappa shape index (κ1) is 17.4. The van der Waals surface area contributed by atoms with Crippen LogP contribution in [0.4, 0.5) is 17.1 Å². The molecule has 0 spiro atoms. The van der Waals surface area contributed by atoms with Crippen molar-refractivity contribution < 1.29 is 14.3 Å². The zero-order valence-electron chi connectivity index (χ0n) is 14.1. The molecule has 0 atom stereocenters. The zero-order valence-corrected chi connectivity index (χ0v) is 15.8. The average molecular weight is 398 g/mol. The lowest BCUT2D eigenvalue weighted by Gasteiger charge is -2.16. The second kappa shape index (κ2) is 6.93. The fourth-order valence-corrected chi connectivity index (χ4v) is 4.16. The van der Waals surface area contributed by atoms with E-state index in [1.165, 1.54) is 16.7 Å². The summed E-state index contributed by atoms with van der Waals surface area (Å²) in [6.07, 6.45) is 0.540. The molecular weight excluding hydrogens is 384 g/mol. The number of anilines is 3. The summed E-state index contributed by atoms with van der Waals surface area (Å²) < 4.78 is 6.33. The van der Waals surface area contributed by atoms with E-state index in [-0.39, 0.29) is 5.91 Å². The molecule has 0 radical (unpaired) electrons. The number of nitrogens with zero attached hydrogens (tertiary/aromatic N) is 2. The van der Waals surface area contributed by atoms with Crippen LogP contribution in [0.15, 0.2) is 59.3 Å². The number of nitrogens with one attached hydrogen (secondary N) is 2. The summed E-state index contributed by atoms with van der Waals surface area (Å²) in [6.45, 7) is 0. The van der Waals surface area contributed by atoms with Gasteiger partial charge in [0.05, 0.1) is 17.1 Å². The predicted molar refractivity (Wildman–Crippen MR) is 109 cm³/mol. The van der Waals surface area contributed by atoms with Crippen LogP contribution in [0.3, 0.4) is 0 Å². The number of benzene rings is 2. The first-order chi connectivity index (χ1) is 13.1. The number of thiocarbonyl (C=S) groups is 1. The molecule has 7 nitrogen and oxygen atoms in total. The molecule has 0 saturated carbocycles. The number of carbonyl (C=O) groups is 2. The van der Waals surface area contributed by atoms with Crippen molar-refractivity contribution in [2.45, 2.75) is 0 Å². The van der Waals surface area contributed by atoms with E-state index in [4.69, 9.17) is 17.0 Å². The Balaban J connectivity index is 1.62. The molecule has 2 aromatic rings. The first-order valence-electron chi connectivity index (χ1n) is 7.96. The standard InChI is InChI=1S/C18H14N4O3S2/c1-21-13-4-2-3-5-14(13)25-17(21)15-16(24)22(18(26)27-15)12-8-6-11(7-9-12)20-19-10-23/h2-10,20H,1H3,(H,19,23)/b17-15+. The number of ether oxygens (including phenoxy) is 1. The van der Waals surface area contributed by atoms with Gasteiger partial charge in [0.1, 0.15) is 4.91 Å². The highest BCUT2D eigenvalue weighted by Gasteiger charge is 2.40. The third-order valence-electron chi connectivity index (χ3n) is 4.10. The van der Waals surface area contributed by atoms with Crippen LogP contribution in [0.1, 0.15) is 0 Å². The summed E-state index contributed by atoms with van der Waals surface area (Å²) in [5.41, 5.74) is 7.29. The van der Waals surface area contributed by atoms with Gasteiger partial charge in [0, 0.05) is 7.05 Å². The summed E-state index contributed by atoms with van der Waals surface area (Å²) in [5.74, 6) is 0.953. The molecule has 2 aromatic carbocycles. The first-order valence-corrected chi connectivity index (χ1v) is 9.19. The maximum absolute atomic E-state index is 13.0. The number of carbonyl (C=O) groups excluding carboxylic acids is 2. The van der Waals surface area contributed by atoms with Crippen molar-refractivity contribution in [3.63, 3.8) is 0 Å². The van der Waals surface area contributed by atoms with E-state index in [0.29, 0.717) is 38.6 Å². The number of fused-ring (bicyclic) bond motifs is 1. The van der Waals surface area contributed by atoms with Crippen molar-refractivity contribution >= 4 is 57.7 Å². The molecule has 0 aromatic heterocycles. The SMILES string of the molecule is CN1/C(=C2\SC(=S)N(c3ccc(NNC=O)cc3)C2=O)Oc2ccccc21. The molecule has 2 aliphatic rings. The van der Waals surface area contributed by atoms with Crippen molar-refractivity contribution in [2.75, 3.05) is 22.3 Å². The second-order valence-electron chi connectivity index (χ2n) is 5.71. The minimum Gasteiger partial charge on any atom is -0.437 e. The quantitative estimate of drug-likeness (QED) is 0.355. The van der Waals surface area contributed by atoms with Gasteiger partial charge in [0.25, 0.3) is 5.91 Å². The van der Waals surface area contributed by atoms with Gasteiger partial charge < -0.3 is 9.64 Å². The average Bonchev–Trinajstić information content (AvgIpc) is 3.17. The number of hydrazine groups is 1. The number of amides is 2. The van der Waals surface area contributed by atoms with Crippen LogP contribution in [-0.4, -0.2) is 23.7 Å². The zero-order chi connectivity index (χ0) is 19.0. The smallest absolute Gasteiger partial charge is 0.276 e. The predicted octanol–water partition coefficient (Wildman–Crippen LogP) is 2.82. The van der Waals surface area contributed by atoms with E-state index in [1.54, 1.807) is 24.3 Å². The Labute approximate surface area is 164 Å². The molecular formula is C18H14N4O3S2. The highest BCUT2D eigenvalue weighted by Crippen LogP contribution is 2.44. The monoisotopic (exact) mass is 398 g/mol. The fraction of sp³-hybridized carbons (Fsp3) is 0.0556. The molecule has 27 heavy (non-hydrogen) atoms. The molecule has 0 aliphatic carbocycles. The Hall–Kier alpha value is -3.04. The Morgan fingerprint density at radius 3 is 2.59 bits per heavy atom. The van der Waals surface area contributed by atoms with Crippen LogP contribution in [-0.2, 0) is 9.59 Å². The maximum atomic E-state index is 13.0. The van der Waals surface area contributed by atoms with Gasteiger partial charge in [-0.2, -0.15) is 0 Å². The Morgan fingerprint density at radius 1 is 1.15 bits per heavy atom. The number of hydrogen-bond donors (Lipinski definition) is 2. The van der Waals surface area contributed by atoms with E-state index in [0.717, 1.165) is 5.69 Å². The van der Waals surface area contributed by atoms with Gasteiger partial charge >= 0.3 is 0 Å². The molecule has 4 rings (SSSR count). The third kappa shape index (κ3) is 3.00. The van der Waals surface area contributed by atoms with Crippen molar-refractivity contribution in [3.8, 4) is 5.75 Å². The lowest BCUT2D eigenvalue weighted by atomic mass is 10.2. The van der Waals surface area contributed by atoms with Crippen LogP contribution < -0.4 is 25.4 Å². The molecule has 1 fully saturated rings. The minimum atomic E-state index is -0.230. The molecule has 9 heteroatoms. The van der Waals surface area contributed by atoms with Gasteiger partial charge in [-0.05, 0) is 48.2 Å². The van der Waals surface area contributed by atoms with Crippen LogP contribution >= 0.6 is 24.0 Å². The molecule has 2 N–H and O–H groups in total. The van der Waals surface area contributed by atoms with Gasteiger partial charge in [0.2, 0.25) is 12.3 Å². The van der Waals surface area contributed by atoms with Gasteiger partial charge in [-0.25, -0.2) is 0 Å². The highest BCUT2D eigenvalue weighted by molar-refractivity contribution is 8.27. The maximum Gasteiger partial charge on any atom is 0.276 e. The van der Waals surface area contributed by atoms with Crippen LogP contribution in [0.2, 0.25) is 0 Å². The van der Waals surface area contributed by atoms with Gasteiger partial charge in [-0.15, -0.1) is 0 Å². The van der Waals surface area contributed by atoms with Crippen molar-refractivity contribution in [1.82, 2.24) is 5.43 Å². The van der Waals surface area contributed by atoms with Gasteiger partial charge in [0.15, 0.2) is 10.1 Å². The molecule has 136 valence electrons. The van der Waals surface area contributed by atoms with Crippen LogP contribution in [0, 0.1) is 0 Å². The highest BCUT2D eigenvalue weighted by atomic mass is 32.2. The van der Waals surface area contributed by atoms with E-state index >= 15 is 0 Å². The molecule has 2 amide bonds. The number of hydrogen-bond acceptors (Lipinski definition) is 7. The summed E-state index contributed by atoms with van der Waals surface area (Å²) >= 11 is 6.64. The minimum absolute atomic E-state index is 0.230. The third-order valence-corrected chi connectivity index (χ3v) is 5.45. The molecule has 1 saturated heterocycles.